The van der Waals surface area contributed by atoms with Crippen LogP contribution in [-0.4, -0.2) is 55.5 Å². The van der Waals surface area contributed by atoms with Crippen molar-refractivity contribution < 1.29 is 22.8 Å². The third-order valence-electron chi connectivity index (χ3n) is 5.17. The maximum Gasteiger partial charge on any atom is 0.261 e. The van der Waals surface area contributed by atoms with E-state index in [4.69, 9.17) is 0 Å². The number of rotatable bonds is 4. The van der Waals surface area contributed by atoms with Gasteiger partial charge < -0.3 is 5.32 Å². The molecule has 8 nitrogen and oxygen atoms in total. The Labute approximate surface area is 168 Å². The Kier molecular flexibility index (Phi) is 4.71. The lowest BCUT2D eigenvalue weighted by Crippen LogP contribution is -2.27. The van der Waals surface area contributed by atoms with E-state index in [0.717, 1.165) is 17.7 Å². The van der Waals surface area contributed by atoms with Gasteiger partial charge in [-0.25, -0.2) is 8.42 Å². The molecule has 2 aliphatic rings. The van der Waals surface area contributed by atoms with Crippen molar-refractivity contribution in [3.05, 3.63) is 59.2 Å². The summed E-state index contributed by atoms with van der Waals surface area (Å²) >= 11 is 0. The van der Waals surface area contributed by atoms with Crippen LogP contribution in [0.2, 0.25) is 0 Å². The molecule has 1 fully saturated rings. The second-order valence-electron chi connectivity index (χ2n) is 7.02. The van der Waals surface area contributed by atoms with E-state index < -0.39 is 21.8 Å². The molecule has 0 aromatic heterocycles. The molecule has 1 N–H and O–H groups in total. The maximum atomic E-state index is 12.6. The molecule has 0 aliphatic carbocycles. The average Bonchev–Trinajstić information content (AvgIpc) is 3.33. The van der Waals surface area contributed by atoms with Crippen molar-refractivity contribution in [3.8, 4) is 0 Å². The quantitative estimate of drug-likeness (QED) is 0.772. The summed E-state index contributed by atoms with van der Waals surface area (Å²) in [7, 11) is -2.13. The first kappa shape index (κ1) is 19.3. The number of hydrogen-bond acceptors (Lipinski definition) is 5. The smallest absolute Gasteiger partial charge is 0.261 e. The Morgan fingerprint density at radius 1 is 0.931 bits per heavy atom. The number of benzene rings is 2. The molecule has 2 aromatic carbocycles. The van der Waals surface area contributed by atoms with E-state index in [0.29, 0.717) is 24.3 Å². The number of nitrogens with one attached hydrogen (secondary N) is 1. The van der Waals surface area contributed by atoms with Crippen LogP contribution in [0, 0.1) is 0 Å². The predicted molar refractivity (Wildman–Crippen MR) is 105 cm³/mol. The van der Waals surface area contributed by atoms with Crippen molar-refractivity contribution in [2.24, 2.45) is 0 Å². The number of nitrogens with zero attached hydrogens (tertiary/aromatic N) is 2. The van der Waals surface area contributed by atoms with E-state index in [9.17, 15) is 22.8 Å². The van der Waals surface area contributed by atoms with Gasteiger partial charge in [0.2, 0.25) is 10.0 Å². The molecule has 3 amide bonds. The zero-order valence-electron chi connectivity index (χ0n) is 15.7. The zero-order valence-corrected chi connectivity index (χ0v) is 16.5. The van der Waals surface area contributed by atoms with Crippen LogP contribution in [-0.2, 0) is 10.0 Å². The van der Waals surface area contributed by atoms with E-state index >= 15 is 0 Å². The second kappa shape index (κ2) is 7.09. The Hall–Kier alpha value is -3.04. The van der Waals surface area contributed by atoms with Crippen molar-refractivity contribution >= 4 is 33.4 Å². The Morgan fingerprint density at radius 2 is 1.55 bits per heavy atom. The van der Waals surface area contributed by atoms with Gasteiger partial charge >= 0.3 is 0 Å². The fourth-order valence-electron chi connectivity index (χ4n) is 3.50. The average molecular weight is 413 g/mol. The molecule has 2 heterocycles. The number of hydrogen-bond donors (Lipinski definition) is 1. The highest BCUT2D eigenvalue weighted by atomic mass is 32.2. The molecular formula is C20H19N3O5S. The monoisotopic (exact) mass is 413 g/mol. The Morgan fingerprint density at radius 3 is 2.21 bits per heavy atom. The van der Waals surface area contributed by atoms with Gasteiger partial charge in [-0.05, 0) is 55.3 Å². The lowest BCUT2D eigenvalue weighted by atomic mass is 10.1. The molecule has 0 unspecified atom stereocenters. The highest BCUT2D eigenvalue weighted by molar-refractivity contribution is 7.89. The summed E-state index contributed by atoms with van der Waals surface area (Å²) in [6.45, 7) is 1.03. The molecule has 9 heteroatoms. The number of amides is 3. The largest absolute Gasteiger partial charge is 0.322 e. The van der Waals surface area contributed by atoms with Crippen LogP contribution in [0.5, 0.6) is 0 Å². The lowest BCUT2D eigenvalue weighted by molar-refractivity contribution is 0.0692. The number of sulfonamides is 1. The highest BCUT2D eigenvalue weighted by Crippen LogP contribution is 2.25. The highest BCUT2D eigenvalue weighted by Gasteiger charge is 2.33. The number of imide groups is 1. The van der Waals surface area contributed by atoms with Crippen molar-refractivity contribution in [1.82, 2.24) is 9.21 Å². The van der Waals surface area contributed by atoms with Crippen molar-refractivity contribution in [3.63, 3.8) is 0 Å². The van der Waals surface area contributed by atoms with E-state index in [2.05, 4.69) is 5.32 Å². The van der Waals surface area contributed by atoms with E-state index in [1.54, 1.807) is 6.07 Å². The third-order valence-corrected chi connectivity index (χ3v) is 7.08. The minimum absolute atomic E-state index is 0.153. The van der Waals surface area contributed by atoms with Crippen LogP contribution in [0.3, 0.4) is 0 Å². The van der Waals surface area contributed by atoms with Crippen molar-refractivity contribution in [1.29, 1.82) is 0 Å². The summed E-state index contributed by atoms with van der Waals surface area (Å²) in [6, 6.07) is 10.3. The predicted octanol–water partition coefficient (Wildman–Crippen LogP) is 1.95. The van der Waals surface area contributed by atoms with Crippen molar-refractivity contribution in [2.45, 2.75) is 17.7 Å². The molecule has 4 rings (SSSR count). The second-order valence-corrected chi connectivity index (χ2v) is 8.96. The van der Waals surface area contributed by atoms with Gasteiger partial charge in [-0.2, -0.15) is 4.31 Å². The van der Waals surface area contributed by atoms with E-state index in [-0.39, 0.29) is 21.9 Å². The van der Waals surface area contributed by atoms with Crippen LogP contribution in [0.4, 0.5) is 5.69 Å². The summed E-state index contributed by atoms with van der Waals surface area (Å²) < 4.78 is 26.6. The Balaban J connectivity index is 1.51. The zero-order chi connectivity index (χ0) is 20.8. The summed E-state index contributed by atoms with van der Waals surface area (Å²) in [6.07, 6.45) is 1.70. The lowest BCUT2D eigenvalue weighted by Gasteiger charge is -2.15. The number of carbonyl (C=O) groups is 3. The molecule has 29 heavy (non-hydrogen) atoms. The molecule has 0 atom stereocenters. The van der Waals surface area contributed by atoms with E-state index in [1.807, 2.05) is 0 Å². The molecule has 150 valence electrons. The molecule has 0 spiro atoms. The standard InChI is InChI=1S/C20H19N3O5S/c1-22-19(25)16-9-6-14(12-17(16)20(22)26)21-18(24)13-4-7-15(8-5-13)29(27,28)23-10-2-3-11-23/h4-9,12H,2-3,10-11H2,1H3,(H,21,24). The molecule has 2 aliphatic heterocycles. The fourth-order valence-corrected chi connectivity index (χ4v) is 5.02. The van der Waals surface area contributed by atoms with Crippen LogP contribution in [0.25, 0.3) is 0 Å². The summed E-state index contributed by atoms with van der Waals surface area (Å²) in [5.74, 6) is -1.24. The first-order chi connectivity index (χ1) is 13.8. The molecule has 0 radical (unpaired) electrons. The van der Waals surface area contributed by atoms with Gasteiger partial charge in [-0.1, -0.05) is 0 Å². The summed E-state index contributed by atoms with van der Waals surface area (Å²) in [5, 5.41) is 2.67. The van der Waals surface area contributed by atoms with Gasteiger partial charge in [-0.15, -0.1) is 0 Å². The minimum Gasteiger partial charge on any atom is -0.322 e. The first-order valence-corrected chi connectivity index (χ1v) is 10.6. The molecule has 0 bridgehead atoms. The van der Waals surface area contributed by atoms with Crippen LogP contribution < -0.4 is 5.32 Å². The van der Waals surface area contributed by atoms with Crippen LogP contribution >= 0.6 is 0 Å². The minimum atomic E-state index is -3.54. The Bertz CT molecular complexity index is 1120. The SMILES string of the molecule is CN1C(=O)c2ccc(NC(=O)c3ccc(S(=O)(=O)N4CCCC4)cc3)cc2C1=O. The summed E-state index contributed by atoms with van der Waals surface area (Å²) in [5.41, 5.74) is 1.19. The van der Waals surface area contributed by atoms with Crippen molar-refractivity contribution in [2.75, 3.05) is 25.5 Å². The topological polar surface area (TPSA) is 104 Å². The van der Waals surface area contributed by atoms with E-state index in [1.165, 1.54) is 47.8 Å². The number of anilines is 1. The van der Waals surface area contributed by atoms with Gasteiger partial charge in [0.1, 0.15) is 0 Å². The van der Waals surface area contributed by atoms with Gasteiger partial charge in [0, 0.05) is 31.4 Å². The molecular weight excluding hydrogens is 394 g/mol. The maximum absolute atomic E-state index is 12.6. The van der Waals surface area contributed by atoms with Gasteiger partial charge in [-0.3, -0.25) is 19.3 Å². The molecule has 2 aromatic rings. The summed E-state index contributed by atoms with van der Waals surface area (Å²) in [4.78, 5) is 37.7. The van der Waals surface area contributed by atoms with Gasteiger partial charge in [0.25, 0.3) is 17.7 Å². The van der Waals surface area contributed by atoms with Crippen LogP contribution in [0.15, 0.2) is 47.4 Å². The number of carbonyl (C=O) groups excluding carboxylic acids is 3. The normalized spacial score (nSPS) is 16.9. The fraction of sp³-hybridized carbons (Fsp3) is 0.250. The molecule has 0 saturated carbocycles. The third kappa shape index (κ3) is 3.32. The van der Waals surface area contributed by atoms with Gasteiger partial charge in [0.15, 0.2) is 0 Å². The number of fused-ring (bicyclic) bond motifs is 1. The first-order valence-electron chi connectivity index (χ1n) is 9.17. The van der Waals surface area contributed by atoms with Gasteiger partial charge in [0.05, 0.1) is 16.0 Å². The molecule has 1 saturated heterocycles. The van der Waals surface area contributed by atoms with Crippen LogP contribution in [0.1, 0.15) is 43.9 Å².